The molecule has 2 saturated carbocycles. The zero-order chi connectivity index (χ0) is 40.1. The number of nitrogens with zero attached hydrogens (tertiary/aromatic N) is 3. The Morgan fingerprint density at radius 2 is 1.91 bits per heavy atom. The van der Waals surface area contributed by atoms with Crippen LogP contribution in [0.4, 0.5) is 5.69 Å². The van der Waals surface area contributed by atoms with Crippen LogP contribution in [0.3, 0.4) is 0 Å². The molecule has 4 aliphatic heterocycles. The van der Waals surface area contributed by atoms with Crippen LogP contribution in [0.5, 0.6) is 5.75 Å². The number of morpholine rings is 1. The van der Waals surface area contributed by atoms with E-state index in [9.17, 15) is 13.2 Å². The number of amides is 1. The predicted octanol–water partition coefficient (Wildman–Crippen LogP) is 6.85. The molecule has 0 aromatic heterocycles. The fourth-order valence-corrected chi connectivity index (χ4v) is 13.6. The zero-order valence-electron chi connectivity index (χ0n) is 34.5. The van der Waals surface area contributed by atoms with Crippen LogP contribution >= 0.6 is 11.6 Å². The van der Waals surface area contributed by atoms with E-state index in [4.69, 9.17) is 25.8 Å². The minimum atomic E-state index is -4.00. The molecule has 2 bridgehead atoms. The Labute approximate surface area is 351 Å². The molecule has 1 N–H and O–H groups in total. The summed E-state index contributed by atoms with van der Waals surface area (Å²) >= 11 is 6.55. The van der Waals surface area contributed by atoms with Gasteiger partial charge in [-0.05, 0) is 117 Å². The fourth-order valence-electron chi connectivity index (χ4n) is 11.7. The fraction of sp³-hybridized carbons (Fsp3) is 0.674. The highest BCUT2D eigenvalue weighted by Gasteiger charge is 2.51. The van der Waals surface area contributed by atoms with Gasteiger partial charge in [0.05, 0.1) is 30.8 Å². The van der Waals surface area contributed by atoms with Gasteiger partial charge in [0.25, 0.3) is 5.91 Å². The van der Waals surface area contributed by atoms with Gasteiger partial charge in [-0.2, -0.15) is 0 Å². The lowest BCUT2D eigenvalue weighted by atomic mass is 9.63. The van der Waals surface area contributed by atoms with E-state index >= 15 is 0 Å². The highest BCUT2D eigenvalue weighted by molar-refractivity contribution is 7.90. The van der Waals surface area contributed by atoms with E-state index in [1.165, 1.54) is 11.1 Å². The van der Waals surface area contributed by atoms with Crippen LogP contribution in [0.15, 0.2) is 48.6 Å². The second-order valence-electron chi connectivity index (χ2n) is 18.8. The van der Waals surface area contributed by atoms with Gasteiger partial charge >= 0.3 is 0 Å². The number of carbonyl (C=O) groups excluding carboxylic acids is 1. The van der Waals surface area contributed by atoms with Crippen molar-refractivity contribution in [1.82, 2.24) is 14.5 Å². The van der Waals surface area contributed by atoms with Gasteiger partial charge in [-0.25, -0.2) is 13.1 Å². The summed E-state index contributed by atoms with van der Waals surface area (Å²) in [6.45, 7) is 13.1. The molecule has 316 valence electrons. The molecule has 7 aliphatic rings. The summed E-state index contributed by atoms with van der Waals surface area (Å²) in [6, 6.07) is 12.2. The molecule has 1 amide bonds. The molecule has 2 saturated heterocycles. The molecule has 0 radical (unpaired) electrons. The third-order valence-electron chi connectivity index (χ3n) is 15.2. The highest BCUT2D eigenvalue weighted by Crippen LogP contribution is 2.50. The number of allylic oxidation sites excluding steroid dienone is 1. The number of hydrogen-bond acceptors (Lipinski definition) is 9. The van der Waals surface area contributed by atoms with E-state index in [0.717, 1.165) is 127 Å². The SMILES string of the molecule is CCO[C@]1(CN2CCN3CCOC[C@@H]3C2)/C=C\C[C@H](C)[C@@H](CC2CCC2)S(=O)(=O)NC(=O)c2ccc3c(c2)N(C[C@@H]2CC[C@H]21)C[C@@]1(CCCc2cc(Cl)ccc21)CO3. The first-order chi connectivity index (χ1) is 28.0. The first-order valence-electron chi connectivity index (χ1n) is 22.3. The predicted molar refractivity (Wildman–Crippen MR) is 228 cm³/mol. The summed E-state index contributed by atoms with van der Waals surface area (Å²) in [5.41, 5.74) is 2.95. The number of nitrogens with one attached hydrogen (secondary N) is 1. The molecule has 10 nitrogen and oxygen atoms in total. The third kappa shape index (κ3) is 7.97. The van der Waals surface area contributed by atoms with Crippen molar-refractivity contribution in [1.29, 1.82) is 0 Å². The quantitative estimate of drug-likeness (QED) is 0.314. The van der Waals surface area contributed by atoms with Crippen LogP contribution in [-0.4, -0.2) is 113 Å². The molecule has 4 heterocycles. The average Bonchev–Trinajstić information content (AvgIpc) is 3.32. The van der Waals surface area contributed by atoms with Gasteiger partial charge in [0, 0.05) is 74.5 Å². The number of sulfonamides is 1. The molecule has 4 fully saturated rings. The van der Waals surface area contributed by atoms with Crippen LogP contribution in [0.2, 0.25) is 5.02 Å². The monoisotopic (exact) mass is 834 g/mol. The second kappa shape index (κ2) is 16.7. The lowest BCUT2D eigenvalue weighted by Gasteiger charge is -2.53. The van der Waals surface area contributed by atoms with E-state index in [2.05, 4.69) is 50.6 Å². The maximum absolute atomic E-state index is 14.3. The third-order valence-corrected chi connectivity index (χ3v) is 17.3. The molecule has 7 atom stereocenters. The number of aryl methyl sites for hydroxylation is 1. The van der Waals surface area contributed by atoms with Crippen LogP contribution in [0.25, 0.3) is 0 Å². The zero-order valence-corrected chi connectivity index (χ0v) is 36.1. The van der Waals surface area contributed by atoms with Gasteiger partial charge in [-0.1, -0.05) is 56.0 Å². The van der Waals surface area contributed by atoms with Crippen LogP contribution in [0, 0.1) is 23.7 Å². The van der Waals surface area contributed by atoms with Crippen LogP contribution in [-0.2, 0) is 31.3 Å². The maximum Gasteiger partial charge on any atom is 0.264 e. The molecular weight excluding hydrogens is 772 g/mol. The molecule has 9 rings (SSSR count). The normalized spacial score (nSPS) is 34.9. The van der Waals surface area contributed by atoms with Gasteiger partial charge in [-0.15, -0.1) is 0 Å². The number of ether oxygens (including phenoxy) is 3. The summed E-state index contributed by atoms with van der Waals surface area (Å²) in [7, 11) is -4.00. The molecule has 2 aromatic rings. The molecule has 58 heavy (non-hydrogen) atoms. The standard InChI is InChI=1S/C46H63ClN4O6S/c1-3-57-46(30-49-19-20-50-21-22-55-28-38(50)27-49)18-5-7-32(2)43(23-33-8-4-9-33)58(53,54)48-44(52)35-12-16-42-41(25-35)51(26-36-11-14-40(36)46)29-45(31-56-42)17-6-10-34-24-37(47)13-15-39(34)45/h5,12-13,15-16,18,24-25,32-33,36,38,40,43H,3-4,6-11,14,17,19-23,26-31H2,1-2H3,(H,48,52)/b18-5-/t32-,36-,38-,40+,43+,45-,46-/m0/s1. The first-order valence-corrected chi connectivity index (χ1v) is 24.2. The number of fused-ring (bicyclic) bond motifs is 5. The molecular formula is C46H63ClN4O6S. The lowest BCUT2D eigenvalue weighted by Crippen LogP contribution is -2.62. The Hall–Kier alpha value is -2.67. The Kier molecular flexibility index (Phi) is 11.7. The minimum Gasteiger partial charge on any atom is -0.490 e. The van der Waals surface area contributed by atoms with Crippen LogP contribution in [0.1, 0.15) is 93.1 Å². The molecule has 12 heteroatoms. The van der Waals surface area contributed by atoms with Crippen LogP contribution < -0.4 is 14.4 Å². The summed E-state index contributed by atoms with van der Waals surface area (Å²) in [5.74, 6) is 0.925. The Morgan fingerprint density at radius 3 is 2.71 bits per heavy atom. The van der Waals surface area contributed by atoms with Crippen molar-refractivity contribution < 1.29 is 27.4 Å². The topological polar surface area (TPSA) is 101 Å². The summed E-state index contributed by atoms with van der Waals surface area (Å²) < 4.78 is 51.1. The number of rotatable bonds is 6. The smallest absolute Gasteiger partial charge is 0.264 e. The van der Waals surface area contributed by atoms with E-state index in [-0.39, 0.29) is 17.3 Å². The van der Waals surface area contributed by atoms with Gasteiger partial charge < -0.3 is 19.1 Å². The summed E-state index contributed by atoms with van der Waals surface area (Å²) in [5, 5.41) is 0.0700. The van der Waals surface area contributed by atoms with Gasteiger partial charge in [0.1, 0.15) is 11.4 Å². The number of piperazine rings is 1. The average molecular weight is 836 g/mol. The number of halogens is 1. The number of anilines is 1. The van der Waals surface area contributed by atoms with E-state index in [0.29, 0.717) is 49.5 Å². The largest absolute Gasteiger partial charge is 0.490 e. The summed E-state index contributed by atoms with van der Waals surface area (Å²) in [4.78, 5) is 21.7. The van der Waals surface area contributed by atoms with Gasteiger partial charge in [0.15, 0.2) is 0 Å². The van der Waals surface area contributed by atoms with E-state index in [1.54, 1.807) is 6.07 Å². The lowest BCUT2D eigenvalue weighted by molar-refractivity contribution is -0.121. The second-order valence-corrected chi connectivity index (χ2v) is 21.1. The Balaban J connectivity index is 1.12. The molecule has 3 aliphatic carbocycles. The van der Waals surface area contributed by atoms with Crippen molar-refractivity contribution in [3.05, 3.63) is 70.3 Å². The van der Waals surface area contributed by atoms with E-state index < -0.39 is 26.8 Å². The Morgan fingerprint density at radius 1 is 1.03 bits per heavy atom. The van der Waals surface area contributed by atoms with Crippen molar-refractivity contribution in [2.75, 3.05) is 77.1 Å². The molecule has 1 spiro atoms. The molecule has 0 unspecified atom stereocenters. The number of hydrogen-bond donors (Lipinski definition) is 1. The minimum absolute atomic E-state index is 0.185. The van der Waals surface area contributed by atoms with Crippen molar-refractivity contribution in [2.45, 2.75) is 100 Å². The van der Waals surface area contributed by atoms with E-state index in [1.807, 2.05) is 25.1 Å². The number of carbonyl (C=O) groups is 1. The maximum atomic E-state index is 14.3. The summed E-state index contributed by atoms with van der Waals surface area (Å²) in [6.07, 6.45) is 14.1. The van der Waals surface area contributed by atoms with Crippen molar-refractivity contribution in [3.8, 4) is 5.75 Å². The number of benzene rings is 2. The van der Waals surface area contributed by atoms with Crippen molar-refractivity contribution in [3.63, 3.8) is 0 Å². The first kappa shape index (κ1) is 40.7. The van der Waals surface area contributed by atoms with Crippen molar-refractivity contribution >= 4 is 33.2 Å². The van der Waals surface area contributed by atoms with Crippen molar-refractivity contribution in [2.24, 2.45) is 23.7 Å². The van der Waals surface area contributed by atoms with Gasteiger partial charge in [0.2, 0.25) is 10.0 Å². The highest BCUT2D eigenvalue weighted by atomic mass is 35.5. The Bertz CT molecular complexity index is 1980. The molecule has 2 aromatic carbocycles. The van der Waals surface area contributed by atoms with Gasteiger partial charge in [-0.3, -0.25) is 14.6 Å².